The van der Waals surface area contributed by atoms with Gasteiger partial charge in [-0.25, -0.2) is 0 Å². The highest BCUT2D eigenvalue weighted by molar-refractivity contribution is 7.98. The fourth-order valence-electron chi connectivity index (χ4n) is 2.84. The summed E-state index contributed by atoms with van der Waals surface area (Å²) < 4.78 is 2.04. The van der Waals surface area contributed by atoms with Gasteiger partial charge in [-0.1, -0.05) is 62.9 Å². The lowest BCUT2D eigenvalue weighted by Gasteiger charge is -2.19. The molecular weight excluding hydrogens is 396 g/mol. The third-order valence-corrected chi connectivity index (χ3v) is 5.42. The van der Waals surface area contributed by atoms with Crippen molar-refractivity contribution >= 4 is 23.7 Å². The zero-order valence-corrected chi connectivity index (χ0v) is 18.9. The quantitative estimate of drug-likeness (QED) is 0.454. The maximum absolute atomic E-state index is 5.82. The van der Waals surface area contributed by atoms with Crippen LogP contribution in [0.5, 0.6) is 0 Å². The van der Waals surface area contributed by atoms with Gasteiger partial charge in [0.2, 0.25) is 11.9 Å². The number of benzene rings is 1. The van der Waals surface area contributed by atoms with Crippen molar-refractivity contribution in [3.63, 3.8) is 0 Å². The van der Waals surface area contributed by atoms with Crippen LogP contribution < -0.4 is 10.6 Å². The SMILES string of the molecule is C=CCn1c(SCc2nc(N)nc(N(C)C)n2)nnc1-c1ccc(C(C)(C)C)cc1. The summed E-state index contributed by atoms with van der Waals surface area (Å²) in [6, 6.07) is 8.47. The molecule has 3 aromatic rings. The smallest absolute Gasteiger partial charge is 0.229 e. The Morgan fingerprint density at radius 2 is 1.80 bits per heavy atom. The van der Waals surface area contributed by atoms with Crippen molar-refractivity contribution in [1.29, 1.82) is 0 Å². The molecular formula is C21H28N8S. The van der Waals surface area contributed by atoms with E-state index in [0.29, 0.717) is 24.1 Å². The van der Waals surface area contributed by atoms with Crippen LogP contribution >= 0.6 is 11.8 Å². The van der Waals surface area contributed by atoms with E-state index in [1.807, 2.05) is 24.7 Å². The monoisotopic (exact) mass is 424 g/mol. The molecule has 0 aliphatic rings. The summed E-state index contributed by atoms with van der Waals surface area (Å²) >= 11 is 1.51. The number of rotatable bonds is 7. The molecule has 2 aromatic heterocycles. The average molecular weight is 425 g/mol. The van der Waals surface area contributed by atoms with Crippen LogP contribution in [-0.2, 0) is 17.7 Å². The summed E-state index contributed by atoms with van der Waals surface area (Å²) in [4.78, 5) is 14.6. The van der Waals surface area contributed by atoms with Crippen LogP contribution in [0.3, 0.4) is 0 Å². The minimum absolute atomic E-state index is 0.103. The van der Waals surface area contributed by atoms with Crippen LogP contribution in [0.15, 0.2) is 42.1 Å². The van der Waals surface area contributed by atoms with Crippen molar-refractivity contribution in [2.45, 2.75) is 43.6 Å². The Morgan fingerprint density at radius 1 is 1.10 bits per heavy atom. The summed E-state index contributed by atoms with van der Waals surface area (Å²) in [5, 5.41) is 9.60. The highest BCUT2D eigenvalue weighted by Crippen LogP contribution is 2.28. The molecule has 2 N–H and O–H groups in total. The van der Waals surface area contributed by atoms with Crippen molar-refractivity contribution in [2.75, 3.05) is 24.7 Å². The molecule has 3 rings (SSSR count). The largest absolute Gasteiger partial charge is 0.368 e. The Balaban J connectivity index is 1.85. The topological polar surface area (TPSA) is 98.6 Å². The molecule has 0 aliphatic carbocycles. The standard InChI is InChI=1S/C21H28N8S/c1-7-12-29-17(14-8-10-15(11-9-14)21(2,3)4)26-27-20(29)30-13-16-23-18(22)25-19(24-16)28(5)6/h7-11H,1,12-13H2,2-6H3,(H2,22,23,24,25). The summed E-state index contributed by atoms with van der Waals surface area (Å²) in [6.07, 6.45) is 1.84. The molecule has 0 aliphatic heterocycles. The van der Waals surface area contributed by atoms with Crippen LogP contribution in [-0.4, -0.2) is 43.8 Å². The molecule has 0 unspecified atom stereocenters. The predicted octanol–water partition coefficient (Wildman–Crippen LogP) is 3.55. The van der Waals surface area contributed by atoms with E-state index in [4.69, 9.17) is 5.73 Å². The summed E-state index contributed by atoms with van der Waals surface area (Å²) in [7, 11) is 3.73. The van der Waals surface area contributed by atoms with Gasteiger partial charge >= 0.3 is 0 Å². The van der Waals surface area contributed by atoms with Crippen molar-refractivity contribution < 1.29 is 0 Å². The molecule has 0 saturated heterocycles. The number of nitrogen functional groups attached to an aromatic ring is 1. The minimum atomic E-state index is 0.103. The lowest BCUT2D eigenvalue weighted by Crippen LogP contribution is -2.16. The summed E-state index contributed by atoms with van der Waals surface area (Å²) in [6.45, 7) is 11.1. The van der Waals surface area contributed by atoms with E-state index >= 15 is 0 Å². The number of thioether (sulfide) groups is 1. The zero-order valence-electron chi connectivity index (χ0n) is 18.1. The molecule has 8 nitrogen and oxygen atoms in total. The second-order valence-corrected chi connectivity index (χ2v) is 9.07. The zero-order chi connectivity index (χ0) is 21.9. The van der Waals surface area contributed by atoms with E-state index in [1.165, 1.54) is 17.3 Å². The highest BCUT2D eigenvalue weighted by atomic mass is 32.2. The third kappa shape index (κ3) is 4.96. The van der Waals surface area contributed by atoms with E-state index < -0.39 is 0 Å². The first-order chi connectivity index (χ1) is 14.2. The van der Waals surface area contributed by atoms with E-state index in [1.54, 1.807) is 4.90 Å². The van der Waals surface area contributed by atoms with E-state index in [2.05, 4.69) is 76.8 Å². The molecule has 1 aromatic carbocycles. The Hall–Kier alpha value is -2.94. The lowest BCUT2D eigenvalue weighted by molar-refractivity contribution is 0.590. The first-order valence-corrected chi connectivity index (χ1v) is 10.6. The van der Waals surface area contributed by atoms with Gasteiger partial charge in [-0.2, -0.15) is 15.0 Å². The predicted molar refractivity (Wildman–Crippen MR) is 122 cm³/mol. The number of nitrogens with two attached hydrogens (primary N) is 1. The van der Waals surface area contributed by atoms with Gasteiger partial charge in [0.25, 0.3) is 0 Å². The normalized spacial score (nSPS) is 11.5. The van der Waals surface area contributed by atoms with Gasteiger partial charge in [0.1, 0.15) is 5.82 Å². The molecule has 158 valence electrons. The molecule has 0 amide bonds. The second kappa shape index (κ2) is 8.83. The number of nitrogens with zero attached hydrogens (tertiary/aromatic N) is 7. The molecule has 0 spiro atoms. The Bertz CT molecular complexity index is 1020. The van der Waals surface area contributed by atoms with Crippen molar-refractivity contribution in [3.8, 4) is 11.4 Å². The first-order valence-electron chi connectivity index (χ1n) is 9.64. The molecule has 30 heavy (non-hydrogen) atoms. The van der Waals surface area contributed by atoms with Gasteiger partial charge in [-0.15, -0.1) is 16.8 Å². The molecule has 0 fully saturated rings. The lowest BCUT2D eigenvalue weighted by atomic mass is 9.87. The maximum atomic E-state index is 5.82. The van der Waals surface area contributed by atoms with Crippen LogP contribution in [0, 0.1) is 0 Å². The fourth-order valence-corrected chi connectivity index (χ4v) is 3.64. The van der Waals surface area contributed by atoms with Gasteiger partial charge in [-0.3, -0.25) is 4.57 Å². The second-order valence-electron chi connectivity index (χ2n) is 8.13. The van der Waals surface area contributed by atoms with Crippen molar-refractivity contribution in [1.82, 2.24) is 29.7 Å². The van der Waals surface area contributed by atoms with Crippen molar-refractivity contribution in [2.24, 2.45) is 0 Å². The van der Waals surface area contributed by atoms with Gasteiger partial charge in [0.05, 0.1) is 5.75 Å². The summed E-state index contributed by atoms with van der Waals surface area (Å²) in [5.74, 6) is 2.65. The molecule has 0 atom stereocenters. The third-order valence-electron chi connectivity index (χ3n) is 4.46. The van der Waals surface area contributed by atoms with Gasteiger partial charge < -0.3 is 10.6 Å². The average Bonchev–Trinajstić information content (AvgIpc) is 3.08. The van der Waals surface area contributed by atoms with E-state index in [9.17, 15) is 0 Å². The Labute approximate surface area is 181 Å². The van der Waals surface area contributed by atoms with Crippen LogP contribution in [0.2, 0.25) is 0 Å². The van der Waals surface area contributed by atoms with Crippen LogP contribution in [0.25, 0.3) is 11.4 Å². The summed E-state index contributed by atoms with van der Waals surface area (Å²) in [5.41, 5.74) is 8.22. The van der Waals surface area contributed by atoms with E-state index in [-0.39, 0.29) is 11.4 Å². The fraction of sp³-hybridized carbons (Fsp3) is 0.381. The number of aromatic nitrogens is 6. The maximum Gasteiger partial charge on any atom is 0.229 e. The Morgan fingerprint density at radius 3 is 2.40 bits per heavy atom. The molecule has 0 radical (unpaired) electrons. The van der Waals surface area contributed by atoms with Crippen molar-refractivity contribution in [3.05, 3.63) is 48.3 Å². The highest BCUT2D eigenvalue weighted by Gasteiger charge is 2.17. The molecule has 9 heteroatoms. The van der Waals surface area contributed by atoms with Gasteiger partial charge in [0, 0.05) is 26.2 Å². The van der Waals surface area contributed by atoms with E-state index in [0.717, 1.165) is 16.5 Å². The number of hydrogen-bond donors (Lipinski definition) is 1. The minimum Gasteiger partial charge on any atom is -0.368 e. The van der Waals surface area contributed by atoms with Crippen LogP contribution in [0.1, 0.15) is 32.2 Å². The van der Waals surface area contributed by atoms with Crippen LogP contribution in [0.4, 0.5) is 11.9 Å². The Kier molecular flexibility index (Phi) is 6.40. The number of hydrogen-bond acceptors (Lipinski definition) is 8. The molecule has 0 bridgehead atoms. The molecule has 0 saturated carbocycles. The van der Waals surface area contributed by atoms with Gasteiger partial charge in [-0.05, 0) is 11.0 Å². The van der Waals surface area contributed by atoms with Gasteiger partial charge in [0.15, 0.2) is 11.0 Å². The number of anilines is 2. The molecule has 2 heterocycles. The number of allylic oxidation sites excluding steroid dienone is 1. The first kappa shape index (κ1) is 21.8.